The number of nitrogens with zero attached hydrogens (tertiary/aromatic N) is 7. The molecule has 0 saturated carbocycles. The van der Waals surface area contributed by atoms with Crippen molar-refractivity contribution >= 4 is 50.9 Å². The second kappa shape index (κ2) is 10.6. The van der Waals surface area contributed by atoms with E-state index in [0.29, 0.717) is 47.2 Å². The zero-order valence-corrected chi connectivity index (χ0v) is 24.4. The summed E-state index contributed by atoms with van der Waals surface area (Å²) in [6, 6.07) is 11.6. The molecule has 224 valence electrons. The first-order valence-corrected chi connectivity index (χ1v) is 15.0. The summed E-state index contributed by atoms with van der Waals surface area (Å²) in [5.74, 6) is 0.916. The van der Waals surface area contributed by atoms with Gasteiger partial charge in [-0.15, -0.1) is 0 Å². The molecule has 2 aromatic carbocycles. The molecule has 3 aliphatic heterocycles. The lowest BCUT2D eigenvalue weighted by Crippen LogP contribution is -2.44. The van der Waals surface area contributed by atoms with E-state index >= 15 is 0 Å². The van der Waals surface area contributed by atoms with Crippen LogP contribution in [0.4, 0.5) is 23.0 Å². The van der Waals surface area contributed by atoms with Gasteiger partial charge in [0, 0.05) is 56.1 Å². The van der Waals surface area contributed by atoms with Gasteiger partial charge in [0.2, 0.25) is 5.95 Å². The van der Waals surface area contributed by atoms with Crippen molar-refractivity contribution in [1.29, 1.82) is 0 Å². The van der Waals surface area contributed by atoms with Gasteiger partial charge in [-0.05, 0) is 50.2 Å². The van der Waals surface area contributed by atoms with Crippen molar-refractivity contribution in [2.75, 3.05) is 61.5 Å². The van der Waals surface area contributed by atoms with Crippen LogP contribution in [0.25, 0.3) is 27.7 Å². The molecule has 12 nitrogen and oxygen atoms in total. The van der Waals surface area contributed by atoms with Crippen molar-refractivity contribution < 1.29 is 13.9 Å². The van der Waals surface area contributed by atoms with Gasteiger partial charge in [-0.25, -0.2) is 14.3 Å². The lowest BCUT2D eigenvalue weighted by Gasteiger charge is -2.33. The van der Waals surface area contributed by atoms with Crippen LogP contribution in [0.15, 0.2) is 70.2 Å². The molecule has 6 heterocycles. The fraction of sp³-hybridized carbons (Fsp3) is 0.312. The third-order valence-electron chi connectivity index (χ3n) is 8.66. The van der Waals surface area contributed by atoms with E-state index in [4.69, 9.17) is 14.1 Å². The first-order chi connectivity index (χ1) is 21.5. The van der Waals surface area contributed by atoms with Crippen molar-refractivity contribution in [2.24, 2.45) is 0 Å². The number of nitrogens with one attached hydrogen (secondary N) is 1. The Bertz CT molecular complexity index is 2000. The number of carbonyl (C=O) groups excluding carboxylic acids is 1. The summed E-state index contributed by atoms with van der Waals surface area (Å²) in [5.41, 5.74) is 4.32. The van der Waals surface area contributed by atoms with Crippen molar-refractivity contribution in [3.8, 4) is 11.4 Å². The van der Waals surface area contributed by atoms with Crippen molar-refractivity contribution in [3.63, 3.8) is 0 Å². The Balaban J connectivity index is 1.18. The SMILES string of the molecule is CN1CCN(c2coc3cc(Nc4ncc5c(=O)n6n(c5n4)-c4ccc5c(c4)N(CCCC=CC6)C(=O)CO5)ccc23)CC1. The minimum Gasteiger partial charge on any atom is -0.482 e. The minimum atomic E-state index is -0.191. The number of allylic oxidation sites excluding steroid dienone is 2. The van der Waals surface area contributed by atoms with Gasteiger partial charge in [0.15, 0.2) is 12.3 Å². The molecule has 2 bridgehead atoms. The zero-order chi connectivity index (χ0) is 29.8. The van der Waals surface area contributed by atoms with Crippen molar-refractivity contribution in [3.05, 3.63) is 71.4 Å². The molecule has 44 heavy (non-hydrogen) atoms. The number of ether oxygens (including phenoxy) is 1. The van der Waals surface area contributed by atoms with Gasteiger partial charge in [-0.2, -0.15) is 4.98 Å². The Labute approximate surface area is 252 Å². The Morgan fingerprint density at radius 2 is 1.82 bits per heavy atom. The highest BCUT2D eigenvalue weighted by Crippen LogP contribution is 2.36. The molecular formula is C32H32N8O4. The third-order valence-corrected chi connectivity index (χ3v) is 8.66. The fourth-order valence-corrected chi connectivity index (χ4v) is 6.26. The van der Waals surface area contributed by atoms with Crippen LogP contribution in [-0.4, -0.2) is 76.5 Å². The first-order valence-electron chi connectivity index (χ1n) is 15.0. The predicted molar refractivity (Wildman–Crippen MR) is 169 cm³/mol. The van der Waals surface area contributed by atoms with Crippen LogP contribution in [-0.2, 0) is 11.3 Å². The lowest BCUT2D eigenvalue weighted by molar-refractivity contribution is -0.121. The van der Waals surface area contributed by atoms with Gasteiger partial charge in [0.05, 0.1) is 23.6 Å². The molecule has 12 heteroatoms. The van der Waals surface area contributed by atoms with E-state index in [2.05, 4.69) is 39.3 Å². The van der Waals surface area contributed by atoms with Crippen LogP contribution in [0.1, 0.15) is 12.8 Å². The maximum Gasteiger partial charge on any atom is 0.278 e. The Hall–Kier alpha value is -5.10. The number of benzene rings is 2. The molecular weight excluding hydrogens is 560 g/mol. The van der Waals surface area contributed by atoms with E-state index in [-0.39, 0.29) is 18.1 Å². The molecule has 1 fully saturated rings. The van der Waals surface area contributed by atoms with E-state index < -0.39 is 0 Å². The normalized spacial score (nSPS) is 17.3. The highest BCUT2D eigenvalue weighted by Gasteiger charge is 2.27. The van der Waals surface area contributed by atoms with Crippen molar-refractivity contribution in [1.82, 2.24) is 24.2 Å². The number of hydrogen-bond donors (Lipinski definition) is 1. The summed E-state index contributed by atoms with van der Waals surface area (Å²) >= 11 is 0. The Morgan fingerprint density at radius 3 is 2.70 bits per heavy atom. The number of hydrogen-bond acceptors (Lipinski definition) is 9. The van der Waals surface area contributed by atoms with E-state index in [1.165, 1.54) is 0 Å². The Kier molecular flexibility index (Phi) is 6.37. The summed E-state index contributed by atoms with van der Waals surface area (Å²) < 4.78 is 15.1. The average molecular weight is 593 g/mol. The smallest absolute Gasteiger partial charge is 0.278 e. The highest BCUT2D eigenvalue weighted by atomic mass is 16.5. The molecule has 0 aliphatic carbocycles. The lowest BCUT2D eigenvalue weighted by atomic mass is 10.1. The molecule has 8 rings (SSSR count). The largest absolute Gasteiger partial charge is 0.482 e. The standard InChI is InChI=1S/C32H32N8O4/c1-36-12-14-37(15-13-36)26-19-43-28-16-21(6-8-23(26)28)34-32-33-18-24-30(35-32)40-22-7-9-27-25(17-22)38(29(41)20-44-27)10-4-2-3-5-11-39(40)31(24)42/h3,5-9,16-19H,2,4,10-15,20H2,1H3,(H,33,34,35). The molecule has 0 atom stereocenters. The highest BCUT2D eigenvalue weighted by molar-refractivity contribution is 5.98. The van der Waals surface area contributed by atoms with Crippen LogP contribution in [0, 0.1) is 0 Å². The summed E-state index contributed by atoms with van der Waals surface area (Å²) in [5, 5.41) is 4.76. The summed E-state index contributed by atoms with van der Waals surface area (Å²) in [4.78, 5) is 42.2. The molecule has 0 unspecified atom stereocenters. The van der Waals surface area contributed by atoms with E-state index in [1.54, 1.807) is 20.5 Å². The maximum atomic E-state index is 13.6. The van der Waals surface area contributed by atoms with Gasteiger partial charge >= 0.3 is 0 Å². The molecule has 1 saturated heterocycles. The number of furan rings is 1. The van der Waals surface area contributed by atoms with E-state index in [0.717, 1.165) is 61.4 Å². The molecule has 3 aromatic heterocycles. The summed E-state index contributed by atoms with van der Waals surface area (Å²) in [6.45, 7) is 4.94. The molecule has 1 amide bonds. The van der Waals surface area contributed by atoms with Gasteiger partial charge in [0.1, 0.15) is 23.0 Å². The third kappa shape index (κ3) is 4.49. The quantitative estimate of drug-likeness (QED) is 0.312. The topological polar surface area (TPSA) is 114 Å². The predicted octanol–water partition coefficient (Wildman–Crippen LogP) is 3.90. The maximum absolute atomic E-state index is 13.6. The van der Waals surface area contributed by atoms with Crippen LogP contribution < -0.4 is 25.4 Å². The van der Waals surface area contributed by atoms with Crippen LogP contribution in [0.5, 0.6) is 5.75 Å². The van der Waals surface area contributed by atoms with E-state index in [1.807, 2.05) is 42.7 Å². The van der Waals surface area contributed by atoms with Gasteiger partial charge in [-0.3, -0.25) is 9.59 Å². The fourth-order valence-electron chi connectivity index (χ4n) is 6.26. The number of fused-ring (bicyclic) bond motifs is 6. The number of anilines is 4. The van der Waals surface area contributed by atoms with Crippen molar-refractivity contribution in [2.45, 2.75) is 19.4 Å². The van der Waals surface area contributed by atoms with Crippen LogP contribution >= 0.6 is 0 Å². The number of rotatable bonds is 3. The van der Waals surface area contributed by atoms with E-state index in [9.17, 15) is 9.59 Å². The molecule has 0 radical (unpaired) electrons. The second-order valence-corrected chi connectivity index (χ2v) is 11.5. The van der Waals surface area contributed by atoms with Gasteiger partial charge in [-0.1, -0.05) is 12.2 Å². The van der Waals surface area contributed by atoms with Gasteiger partial charge < -0.3 is 29.2 Å². The average Bonchev–Trinajstić information content (AvgIpc) is 3.57. The molecule has 3 aliphatic rings. The monoisotopic (exact) mass is 592 g/mol. The number of piperazine rings is 1. The zero-order valence-electron chi connectivity index (χ0n) is 24.4. The number of aromatic nitrogens is 4. The van der Waals surface area contributed by atoms with Crippen LogP contribution in [0.3, 0.4) is 0 Å². The number of amides is 1. The Morgan fingerprint density at radius 1 is 0.932 bits per heavy atom. The minimum absolute atomic E-state index is 0.0164. The molecule has 0 spiro atoms. The number of likely N-dealkylation sites (N-methyl/N-ethyl adjacent to an activating group) is 1. The molecule has 1 N–H and O–H groups in total. The van der Waals surface area contributed by atoms with Gasteiger partial charge in [0.25, 0.3) is 11.5 Å². The van der Waals surface area contributed by atoms with Crippen LogP contribution in [0.2, 0.25) is 0 Å². The molecule has 5 aromatic rings. The summed E-state index contributed by atoms with van der Waals surface area (Å²) in [6.07, 6.45) is 9.03. The first kappa shape index (κ1) is 26.5. The second-order valence-electron chi connectivity index (χ2n) is 11.5. The summed E-state index contributed by atoms with van der Waals surface area (Å²) in [7, 11) is 2.14. The number of carbonyl (C=O) groups is 1.